The van der Waals surface area contributed by atoms with E-state index in [-0.39, 0.29) is 24.4 Å². The molecule has 2 unspecified atom stereocenters. The summed E-state index contributed by atoms with van der Waals surface area (Å²) < 4.78 is 13.0. The van der Waals surface area contributed by atoms with Crippen LogP contribution in [0.1, 0.15) is 19.8 Å². The summed E-state index contributed by atoms with van der Waals surface area (Å²) in [4.78, 5) is 14.0. The van der Waals surface area contributed by atoms with E-state index in [0.717, 1.165) is 13.0 Å². The molecule has 2 atom stereocenters. The first-order valence-corrected chi connectivity index (χ1v) is 7.00. The molecule has 2 N–H and O–H groups in total. The van der Waals surface area contributed by atoms with Gasteiger partial charge in [-0.25, -0.2) is 4.39 Å². The van der Waals surface area contributed by atoms with E-state index in [0.29, 0.717) is 24.6 Å². The van der Waals surface area contributed by atoms with Crippen molar-refractivity contribution in [3.63, 3.8) is 0 Å². The molecule has 1 fully saturated rings. The molecule has 1 aromatic carbocycles. The average Bonchev–Trinajstić information content (AvgIpc) is 2.77. The Balaban J connectivity index is 1.81. The Morgan fingerprint density at radius 1 is 1.55 bits per heavy atom. The van der Waals surface area contributed by atoms with Crippen LogP contribution in [0.25, 0.3) is 0 Å². The molecular formula is C15H21FN2O2. The van der Waals surface area contributed by atoms with E-state index in [9.17, 15) is 14.3 Å². The van der Waals surface area contributed by atoms with Gasteiger partial charge in [0, 0.05) is 24.7 Å². The van der Waals surface area contributed by atoms with E-state index >= 15 is 0 Å². The number of rotatable bonds is 5. The molecule has 1 aliphatic heterocycles. The molecule has 1 amide bonds. The summed E-state index contributed by atoms with van der Waals surface area (Å²) in [5, 5.41) is 12.0. The zero-order chi connectivity index (χ0) is 14.5. The summed E-state index contributed by atoms with van der Waals surface area (Å²) in [5.41, 5.74) is 0.475. The smallest absolute Gasteiger partial charge is 0.225 e. The number of hydrogen-bond acceptors (Lipinski definition) is 3. The Kier molecular flexibility index (Phi) is 5.09. The van der Waals surface area contributed by atoms with Crippen molar-refractivity contribution in [1.82, 2.24) is 4.90 Å². The lowest BCUT2D eigenvalue weighted by atomic mass is 10.0. The first-order valence-electron chi connectivity index (χ1n) is 7.00. The van der Waals surface area contributed by atoms with Crippen LogP contribution in [0, 0.1) is 11.7 Å². The number of benzene rings is 1. The topological polar surface area (TPSA) is 52.6 Å². The van der Waals surface area contributed by atoms with Crippen molar-refractivity contribution in [2.45, 2.75) is 25.8 Å². The van der Waals surface area contributed by atoms with Crippen molar-refractivity contribution in [3.05, 3.63) is 30.1 Å². The summed E-state index contributed by atoms with van der Waals surface area (Å²) in [7, 11) is 0. The molecule has 1 aliphatic rings. The average molecular weight is 280 g/mol. The summed E-state index contributed by atoms with van der Waals surface area (Å²) in [6.07, 6.45) is 1.40. The molecule has 0 aliphatic carbocycles. The van der Waals surface area contributed by atoms with Crippen LogP contribution in [0.15, 0.2) is 24.3 Å². The molecule has 0 saturated carbocycles. The molecular weight excluding hydrogens is 259 g/mol. The van der Waals surface area contributed by atoms with E-state index in [1.54, 1.807) is 12.1 Å². The van der Waals surface area contributed by atoms with Crippen LogP contribution in [-0.2, 0) is 4.79 Å². The van der Waals surface area contributed by atoms with Gasteiger partial charge in [0.2, 0.25) is 5.91 Å². The number of nitrogens with one attached hydrogen (secondary N) is 1. The van der Waals surface area contributed by atoms with Crippen molar-refractivity contribution in [1.29, 1.82) is 0 Å². The highest BCUT2D eigenvalue weighted by Gasteiger charge is 2.30. The van der Waals surface area contributed by atoms with Crippen LogP contribution >= 0.6 is 0 Å². The highest BCUT2D eigenvalue weighted by molar-refractivity contribution is 5.90. The number of likely N-dealkylation sites (tertiary alicyclic amines) is 1. The molecule has 4 nitrogen and oxygen atoms in total. The molecule has 2 rings (SSSR count). The number of aliphatic hydroxyl groups excluding tert-OH is 1. The fourth-order valence-corrected chi connectivity index (χ4v) is 2.70. The van der Waals surface area contributed by atoms with E-state index in [1.165, 1.54) is 12.1 Å². The van der Waals surface area contributed by atoms with Crippen molar-refractivity contribution in [2.24, 2.45) is 5.92 Å². The Bertz CT molecular complexity index is 467. The minimum Gasteiger partial charge on any atom is -0.395 e. The standard InChI is InChI=1S/C15H21FN2O2/c1-11-5-7-18(14(11)10-19)8-6-15(20)17-13-4-2-3-12(16)9-13/h2-4,9,11,14,19H,5-8,10H2,1H3,(H,17,20). The van der Waals surface area contributed by atoms with E-state index < -0.39 is 0 Å². The molecule has 20 heavy (non-hydrogen) atoms. The number of carbonyl (C=O) groups is 1. The van der Waals surface area contributed by atoms with Crippen LogP contribution in [0.3, 0.4) is 0 Å². The van der Waals surface area contributed by atoms with Gasteiger partial charge in [-0.1, -0.05) is 13.0 Å². The van der Waals surface area contributed by atoms with Crippen molar-refractivity contribution < 1.29 is 14.3 Å². The number of carbonyl (C=O) groups excluding carboxylic acids is 1. The summed E-state index contributed by atoms with van der Waals surface area (Å²) in [6, 6.07) is 6.01. The minimum atomic E-state index is -0.364. The van der Waals surface area contributed by atoms with Crippen LogP contribution in [-0.4, -0.2) is 41.7 Å². The maximum Gasteiger partial charge on any atom is 0.225 e. The van der Waals surface area contributed by atoms with Crippen LogP contribution in [0.2, 0.25) is 0 Å². The van der Waals surface area contributed by atoms with E-state index in [4.69, 9.17) is 0 Å². The number of hydrogen-bond donors (Lipinski definition) is 2. The second-order valence-corrected chi connectivity index (χ2v) is 5.36. The molecule has 0 aromatic heterocycles. The van der Waals surface area contributed by atoms with E-state index in [2.05, 4.69) is 17.1 Å². The lowest BCUT2D eigenvalue weighted by molar-refractivity contribution is -0.116. The maximum absolute atomic E-state index is 13.0. The molecule has 1 aromatic rings. The fraction of sp³-hybridized carbons (Fsp3) is 0.533. The second kappa shape index (κ2) is 6.81. The third-order valence-electron chi connectivity index (χ3n) is 3.92. The third kappa shape index (κ3) is 3.77. The van der Waals surface area contributed by atoms with Gasteiger partial charge in [-0.3, -0.25) is 9.69 Å². The van der Waals surface area contributed by atoms with Gasteiger partial charge in [-0.2, -0.15) is 0 Å². The SMILES string of the molecule is CC1CCN(CCC(=O)Nc2cccc(F)c2)C1CO. The summed E-state index contributed by atoms with van der Waals surface area (Å²) >= 11 is 0. The first kappa shape index (κ1) is 14.9. The predicted molar refractivity (Wildman–Crippen MR) is 75.9 cm³/mol. The van der Waals surface area contributed by atoms with Crippen molar-refractivity contribution in [3.8, 4) is 0 Å². The highest BCUT2D eigenvalue weighted by Crippen LogP contribution is 2.23. The van der Waals surface area contributed by atoms with Gasteiger partial charge in [0.25, 0.3) is 0 Å². The normalized spacial score (nSPS) is 22.9. The monoisotopic (exact) mass is 280 g/mol. The van der Waals surface area contributed by atoms with Crippen molar-refractivity contribution in [2.75, 3.05) is 25.0 Å². The van der Waals surface area contributed by atoms with Crippen LogP contribution < -0.4 is 5.32 Å². The second-order valence-electron chi connectivity index (χ2n) is 5.36. The van der Waals surface area contributed by atoms with Gasteiger partial charge in [-0.15, -0.1) is 0 Å². The van der Waals surface area contributed by atoms with Crippen LogP contribution in [0.5, 0.6) is 0 Å². The minimum absolute atomic E-state index is 0.132. The van der Waals surface area contributed by atoms with Gasteiger partial charge in [0.1, 0.15) is 5.82 Å². The quantitative estimate of drug-likeness (QED) is 0.865. The van der Waals surface area contributed by atoms with Gasteiger partial charge < -0.3 is 10.4 Å². The summed E-state index contributed by atoms with van der Waals surface area (Å²) in [6.45, 7) is 3.79. The number of amides is 1. The lowest BCUT2D eigenvalue weighted by Gasteiger charge is -2.24. The van der Waals surface area contributed by atoms with Crippen molar-refractivity contribution >= 4 is 11.6 Å². The largest absolute Gasteiger partial charge is 0.395 e. The van der Waals surface area contributed by atoms with Gasteiger partial charge in [-0.05, 0) is 37.1 Å². The molecule has 1 saturated heterocycles. The lowest BCUT2D eigenvalue weighted by Crippen LogP contribution is -2.37. The molecule has 0 bridgehead atoms. The van der Waals surface area contributed by atoms with Gasteiger partial charge >= 0.3 is 0 Å². The number of aliphatic hydroxyl groups is 1. The third-order valence-corrected chi connectivity index (χ3v) is 3.92. The summed E-state index contributed by atoms with van der Waals surface area (Å²) in [5.74, 6) is -0.0327. The molecule has 5 heteroatoms. The Hall–Kier alpha value is -1.46. The zero-order valence-corrected chi connectivity index (χ0v) is 11.7. The Morgan fingerprint density at radius 3 is 3.05 bits per heavy atom. The zero-order valence-electron chi connectivity index (χ0n) is 11.7. The highest BCUT2D eigenvalue weighted by atomic mass is 19.1. The Morgan fingerprint density at radius 2 is 2.35 bits per heavy atom. The predicted octanol–water partition coefficient (Wildman–Crippen LogP) is 1.86. The van der Waals surface area contributed by atoms with Gasteiger partial charge in [0.15, 0.2) is 0 Å². The fourth-order valence-electron chi connectivity index (χ4n) is 2.70. The van der Waals surface area contributed by atoms with E-state index in [1.807, 2.05) is 0 Å². The molecule has 0 radical (unpaired) electrons. The Labute approximate surface area is 118 Å². The molecule has 1 heterocycles. The first-order chi connectivity index (χ1) is 9.60. The maximum atomic E-state index is 13.0. The number of anilines is 1. The van der Waals surface area contributed by atoms with Gasteiger partial charge in [0.05, 0.1) is 6.61 Å². The molecule has 110 valence electrons. The molecule has 0 spiro atoms. The number of halogens is 1. The number of nitrogens with zero attached hydrogens (tertiary/aromatic N) is 1. The van der Waals surface area contributed by atoms with Crippen LogP contribution in [0.4, 0.5) is 10.1 Å².